The molecule has 0 amide bonds. The first-order chi connectivity index (χ1) is 6.52. The van der Waals surface area contributed by atoms with Crippen molar-refractivity contribution in [1.29, 1.82) is 0 Å². The van der Waals surface area contributed by atoms with E-state index in [9.17, 15) is 9.18 Å². The van der Waals surface area contributed by atoms with Crippen molar-refractivity contribution < 1.29 is 19.4 Å². The summed E-state index contributed by atoms with van der Waals surface area (Å²) in [5, 5.41) is 17.4. The van der Waals surface area contributed by atoms with Gasteiger partial charge in [-0.15, -0.1) is 0 Å². The second kappa shape index (κ2) is 5.21. The first-order valence-corrected chi connectivity index (χ1v) is 4.25. The van der Waals surface area contributed by atoms with E-state index in [0.29, 0.717) is 5.56 Å². The number of aryl methyl sites for hydroxylation is 1. The molecular weight excluding hydrogens is 187 g/mol. The summed E-state index contributed by atoms with van der Waals surface area (Å²) < 4.78 is 12.7. The lowest BCUT2D eigenvalue weighted by molar-refractivity contribution is 0.0691. The minimum atomic E-state index is -1.34. The van der Waals surface area contributed by atoms with Crippen LogP contribution in [-0.2, 0) is 0 Å². The molecule has 3 nitrogen and oxygen atoms in total. The standard InChI is InChI=1S/C8H7FO3.C2H6/c1-4-2-5(8(11)12)6(9)3-7(4)10;1-2/h2-3,10H,1H3,(H,11,12);1-2H3. The zero-order chi connectivity index (χ0) is 11.3. The first-order valence-electron chi connectivity index (χ1n) is 4.25. The molecule has 0 spiro atoms. The molecule has 0 aromatic heterocycles. The molecule has 0 unspecified atom stereocenters. The van der Waals surface area contributed by atoms with Crippen molar-refractivity contribution in [2.75, 3.05) is 0 Å². The molecule has 0 atom stereocenters. The molecule has 0 fully saturated rings. The van der Waals surface area contributed by atoms with Gasteiger partial charge in [0.25, 0.3) is 0 Å². The second-order valence-electron chi connectivity index (χ2n) is 2.42. The van der Waals surface area contributed by atoms with Gasteiger partial charge in [-0.05, 0) is 18.6 Å². The van der Waals surface area contributed by atoms with Gasteiger partial charge in [0.15, 0.2) is 0 Å². The van der Waals surface area contributed by atoms with Crippen LogP contribution >= 0.6 is 0 Å². The van der Waals surface area contributed by atoms with Gasteiger partial charge in [-0.1, -0.05) is 13.8 Å². The molecule has 1 rings (SSSR count). The number of aromatic hydroxyl groups is 1. The van der Waals surface area contributed by atoms with E-state index >= 15 is 0 Å². The Kier molecular flexibility index (Phi) is 4.63. The maximum atomic E-state index is 12.7. The minimum Gasteiger partial charge on any atom is -0.508 e. The largest absolute Gasteiger partial charge is 0.508 e. The van der Waals surface area contributed by atoms with Gasteiger partial charge >= 0.3 is 5.97 Å². The quantitative estimate of drug-likeness (QED) is 0.732. The molecule has 1 aromatic rings. The van der Waals surface area contributed by atoms with Crippen LogP contribution in [-0.4, -0.2) is 16.2 Å². The van der Waals surface area contributed by atoms with Crippen LogP contribution in [0.25, 0.3) is 0 Å². The van der Waals surface area contributed by atoms with Gasteiger partial charge in [0, 0.05) is 6.07 Å². The maximum Gasteiger partial charge on any atom is 0.338 e. The molecule has 1 aromatic carbocycles. The third-order valence-corrected chi connectivity index (χ3v) is 1.52. The molecule has 0 saturated carbocycles. The molecule has 0 aliphatic heterocycles. The summed E-state index contributed by atoms with van der Waals surface area (Å²) in [5.41, 5.74) is -0.0842. The van der Waals surface area contributed by atoms with Gasteiger partial charge < -0.3 is 10.2 Å². The Morgan fingerprint density at radius 3 is 2.29 bits per heavy atom. The summed E-state index contributed by atoms with van der Waals surface area (Å²) in [7, 11) is 0. The molecule has 78 valence electrons. The molecule has 2 N–H and O–H groups in total. The van der Waals surface area contributed by atoms with Crippen molar-refractivity contribution in [3.05, 3.63) is 29.1 Å². The molecule has 0 aliphatic carbocycles. The van der Waals surface area contributed by atoms with Gasteiger partial charge in [-0.2, -0.15) is 0 Å². The smallest absolute Gasteiger partial charge is 0.338 e. The highest BCUT2D eigenvalue weighted by Crippen LogP contribution is 2.20. The fourth-order valence-corrected chi connectivity index (χ4v) is 0.835. The Morgan fingerprint density at radius 1 is 1.36 bits per heavy atom. The Balaban J connectivity index is 0.000000791. The van der Waals surface area contributed by atoms with Crippen LogP contribution in [0.5, 0.6) is 5.75 Å². The number of carboxylic acid groups (broad SMARTS) is 1. The van der Waals surface area contributed by atoms with E-state index in [1.54, 1.807) is 0 Å². The third kappa shape index (κ3) is 2.73. The molecule has 0 aliphatic rings. The Labute approximate surface area is 81.8 Å². The minimum absolute atomic E-state index is 0.238. The first kappa shape index (κ1) is 12.4. The lowest BCUT2D eigenvalue weighted by Gasteiger charge is -2.01. The van der Waals surface area contributed by atoms with Crippen LogP contribution in [0.15, 0.2) is 12.1 Å². The molecule has 0 radical (unpaired) electrons. The third-order valence-electron chi connectivity index (χ3n) is 1.52. The van der Waals surface area contributed by atoms with Crippen molar-refractivity contribution in [1.82, 2.24) is 0 Å². The topological polar surface area (TPSA) is 57.5 Å². The number of phenolic OH excluding ortho intramolecular Hbond substituents is 1. The lowest BCUT2D eigenvalue weighted by atomic mass is 10.1. The molecule has 4 heteroatoms. The molecule has 14 heavy (non-hydrogen) atoms. The van der Waals surface area contributed by atoms with Crippen LogP contribution in [0, 0.1) is 12.7 Å². The number of benzene rings is 1. The highest BCUT2D eigenvalue weighted by atomic mass is 19.1. The van der Waals surface area contributed by atoms with E-state index in [4.69, 9.17) is 10.2 Å². The van der Waals surface area contributed by atoms with Crippen LogP contribution in [0.2, 0.25) is 0 Å². The SMILES string of the molecule is CC.Cc1cc(C(=O)O)c(F)cc1O. The zero-order valence-corrected chi connectivity index (χ0v) is 8.34. The van der Waals surface area contributed by atoms with Crippen LogP contribution in [0.4, 0.5) is 4.39 Å². The number of phenols is 1. The predicted octanol–water partition coefficient (Wildman–Crippen LogP) is 2.56. The average molecular weight is 200 g/mol. The van der Waals surface area contributed by atoms with E-state index in [1.165, 1.54) is 6.92 Å². The molecular formula is C10H13FO3. The second-order valence-corrected chi connectivity index (χ2v) is 2.42. The van der Waals surface area contributed by atoms with Crippen molar-refractivity contribution in [2.24, 2.45) is 0 Å². The Bertz CT molecular complexity index is 334. The van der Waals surface area contributed by atoms with Crippen molar-refractivity contribution in [3.63, 3.8) is 0 Å². The summed E-state index contributed by atoms with van der Waals surface area (Å²) >= 11 is 0. The van der Waals surface area contributed by atoms with Gasteiger partial charge in [-0.25, -0.2) is 9.18 Å². The Morgan fingerprint density at radius 2 is 1.86 bits per heavy atom. The van der Waals surface area contributed by atoms with Crippen molar-refractivity contribution in [3.8, 4) is 5.75 Å². The highest BCUT2D eigenvalue weighted by Gasteiger charge is 2.12. The van der Waals surface area contributed by atoms with Gasteiger partial charge in [0.1, 0.15) is 11.6 Å². The van der Waals surface area contributed by atoms with E-state index < -0.39 is 17.3 Å². The average Bonchev–Trinajstić information content (AvgIpc) is 2.14. The zero-order valence-electron chi connectivity index (χ0n) is 8.34. The van der Waals surface area contributed by atoms with Gasteiger partial charge in [0.05, 0.1) is 5.56 Å². The van der Waals surface area contributed by atoms with Gasteiger partial charge in [0.2, 0.25) is 0 Å². The van der Waals surface area contributed by atoms with E-state index in [0.717, 1.165) is 12.1 Å². The monoisotopic (exact) mass is 200 g/mol. The fourth-order valence-electron chi connectivity index (χ4n) is 0.835. The number of halogens is 1. The van der Waals surface area contributed by atoms with Crippen molar-refractivity contribution in [2.45, 2.75) is 20.8 Å². The van der Waals surface area contributed by atoms with Crippen LogP contribution < -0.4 is 0 Å². The van der Waals surface area contributed by atoms with Crippen molar-refractivity contribution >= 4 is 5.97 Å². The number of hydrogen-bond donors (Lipinski definition) is 2. The van der Waals surface area contributed by atoms with E-state index in [-0.39, 0.29) is 5.75 Å². The number of rotatable bonds is 1. The number of carboxylic acids is 1. The Hall–Kier alpha value is -1.58. The summed E-state index contributed by atoms with van der Waals surface area (Å²) in [6.45, 7) is 5.50. The maximum absolute atomic E-state index is 12.7. The van der Waals surface area contributed by atoms with Crippen LogP contribution in [0.3, 0.4) is 0 Å². The lowest BCUT2D eigenvalue weighted by Crippen LogP contribution is -2.00. The summed E-state index contributed by atoms with van der Waals surface area (Å²) in [6.07, 6.45) is 0. The highest BCUT2D eigenvalue weighted by molar-refractivity contribution is 5.88. The number of aromatic carboxylic acids is 1. The van der Waals surface area contributed by atoms with Crippen LogP contribution in [0.1, 0.15) is 29.8 Å². The summed E-state index contributed by atoms with van der Waals surface area (Å²) in [6, 6.07) is 1.88. The summed E-state index contributed by atoms with van der Waals surface area (Å²) in [4.78, 5) is 10.4. The van der Waals surface area contributed by atoms with E-state index in [1.807, 2.05) is 13.8 Å². The predicted molar refractivity (Wildman–Crippen MR) is 51.1 cm³/mol. The van der Waals surface area contributed by atoms with Gasteiger partial charge in [-0.3, -0.25) is 0 Å². The molecule has 0 saturated heterocycles. The number of hydrogen-bond acceptors (Lipinski definition) is 2. The molecule has 0 heterocycles. The normalized spacial score (nSPS) is 8.86. The fraction of sp³-hybridized carbons (Fsp3) is 0.300. The summed E-state index contributed by atoms with van der Waals surface area (Å²) in [5.74, 6) is -2.50. The number of carbonyl (C=O) groups is 1. The van der Waals surface area contributed by atoms with E-state index in [2.05, 4.69) is 0 Å². The molecule has 0 bridgehead atoms.